The van der Waals surface area contributed by atoms with Gasteiger partial charge in [0.05, 0.1) is 12.4 Å². The molecule has 1 amide bonds. The van der Waals surface area contributed by atoms with Gasteiger partial charge in [-0.15, -0.1) is 0 Å². The molecule has 0 aliphatic carbocycles. The van der Waals surface area contributed by atoms with Gasteiger partial charge in [-0.25, -0.2) is 20.2 Å². The number of nitrogens with zero attached hydrogens (tertiary/aromatic N) is 2. The molecule has 0 aliphatic rings. The van der Waals surface area contributed by atoms with E-state index in [1.807, 2.05) is 5.48 Å². The highest BCUT2D eigenvalue weighted by Gasteiger charge is 2.08. The van der Waals surface area contributed by atoms with Crippen LogP contribution in [0, 0.1) is 0 Å². The number of carboxylic acid groups (broad SMARTS) is 1. The third-order valence-corrected chi connectivity index (χ3v) is 1.41. The molecule has 0 aromatic carbocycles. The lowest BCUT2D eigenvalue weighted by molar-refractivity contribution is -0.144. The summed E-state index contributed by atoms with van der Waals surface area (Å²) in [6, 6.07) is 0. The molecule has 1 rings (SSSR count). The first-order chi connectivity index (χ1) is 7.09. The van der Waals surface area contributed by atoms with Crippen LogP contribution < -0.4 is 5.48 Å². The summed E-state index contributed by atoms with van der Waals surface area (Å²) in [5, 5.41) is 8.36. The quantitative estimate of drug-likeness (QED) is 0.701. The zero-order valence-electron chi connectivity index (χ0n) is 7.31. The molecular weight excluding hydrogens is 226 g/mol. The predicted octanol–water partition coefficient (Wildman–Crippen LogP) is -0.124. The summed E-state index contributed by atoms with van der Waals surface area (Å²) in [4.78, 5) is 32.8. The van der Waals surface area contributed by atoms with Crippen molar-refractivity contribution in [2.24, 2.45) is 0 Å². The Morgan fingerprint density at radius 1 is 1.47 bits per heavy atom. The van der Waals surface area contributed by atoms with Gasteiger partial charge in [-0.2, -0.15) is 0 Å². The molecule has 15 heavy (non-hydrogen) atoms. The van der Waals surface area contributed by atoms with E-state index in [0.717, 1.165) is 6.20 Å². The molecule has 1 aromatic heterocycles. The molecule has 0 aliphatic heterocycles. The van der Waals surface area contributed by atoms with Crippen LogP contribution in [0.15, 0.2) is 12.4 Å². The third kappa shape index (κ3) is 3.88. The lowest BCUT2D eigenvalue weighted by Crippen LogP contribution is -2.27. The van der Waals surface area contributed by atoms with Crippen molar-refractivity contribution in [1.82, 2.24) is 15.4 Å². The van der Waals surface area contributed by atoms with Crippen molar-refractivity contribution >= 4 is 23.5 Å². The average Bonchev–Trinajstić information content (AvgIpc) is 2.18. The molecule has 0 spiro atoms. The Hall–Kier alpha value is -1.73. The molecule has 0 saturated carbocycles. The van der Waals surface area contributed by atoms with Crippen molar-refractivity contribution in [3.8, 4) is 0 Å². The Morgan fingerprint density at radius 2 is 2.20 bits per heavy atom. The number of nitrogens with one attached hydrogen (secondary N) is 1. The summed E-state index contributed by atoms with van der Waals surface area (Å²) in [5.74, 6) is -1.89. The number of rotatable bonds is 4. The number of halogens is 1. The van der Waals surface area contributed by atoms with Crippen molar-refractivity contribution in [3.05, 3.63) is 23.2 Å². The normalized spacial score (nSPS) is 9.67. The van der Waals surface area contributed by atoms with Gasteiger partial charge in [0.15, 0.2) is 6.61 Å². The fourth-order valence-corrected chi connectivity index (χ4v) is 0.743. The molecule has 1 aromatic rings. The van der Waals surface area contributed by atoms with Gasteiger partial charge in [-0.1, -0.05) is 11.6 Å². The van der Waals surface area contributed by atoms with Gasteiger partial charge in [0.25, 0.3) is 5.91 Å². The fourth-order valence-electron chi connectivity index (χ4n) is 0.645. The van der Waals surface area contributed by atoms with Crippen LogP contribution in [0.2, 0.25) is 5.15 Å². The van der Waals surface area contributed by atoms with E-state index >= 15 is 0 Å². The molecule has 0 radical (unpaired) electrons. The van der Waals surface area contributed by atoms with E-state index in [2.05, 4.69) is 14.8 Å². The summed E-state index contributed by atoms with van der Waals surface area (Å²) in [5.41, 5.74) is 1.86. The summed E-state index contributed by atoms with van der Waals surface area (Å²) in [7, 11) is 0. The fraction of sp³-hybridized carbons (Fsp3) is 0.143. The van der Waals surface area contributed by atoms with Crippen LogP contribution in [0.3, 0.4) is 0 Å². The van der Waals surface area contributed by atoms with E-state index in [9.17, 15) is 9.59 Å². The lowest BCUT2D eigenvalue weighted by atomic mass is 10.4. The Labute approximate surface area is 89.0 Å². The molecule has 1 heterocycles. The molecular formula is C7H6ClN3O4. The number of carbonyl (C=O) groups excluding carboxylic acids is 1. The van der Waals surface area contributed by atoms with Crippen LogP contribution in [0.5, 0.6) is 0 Å². The van der Waals surface area contributed by atoms with Gasteiger partial charge < -0.3 is 5.11 Å². The topological polar surface area (TPSA) is 101 Å². The number of amides is 1. The van der Waals surface area contributed by atoms with E-state index in [-0.39, 0.29) is 10.8 Å². The van der Waals surface area contributed by atoms with E-state index < -0.39 is 18.5 Å². The third-order valence-electron chi connectivity index (χ3n) is 1.21. The lowest BCUT2D eigenvalue weighted by Gasteiger charge is -2.02. The first-order valence-corrected chi connectivity index (χ1v) is 4.09. The highest BCUT2D eigenvalue weighted by atomic mass is 35.5. The van der Waals surface area contributed by atoms with E-state index in [4.69, 9.17) is 16.7 Å². The first kappa shape index (κ1) is 11.3. The molecule has 0 bridgehead atoms. The van der Waals surface area contributed by atoms with Gasteiger partial charge in [0.1, 0.15) is 10.8 Å². The van der Waals surface area contributed by atoms with E-state index in [0.29, 0.717) is 0 Å². The summed E-state index contributed by atoms with van der Waals surface area (Å²) in [6.07, 6.45) is 2.33. The van der Waals surface area contributed by atoms with Crippen LogP contribution in [-0.2, 0) is 9.63 Å². The summed E-state index contributed by atoms with van der Waals surface area (Å²) >= 11 is 5.45. The number of aromatic nitrogens is 2. The second-order valence-electron chi connectivity index (χ2n) is 2.34. The molecule has 0 fully saturated rings. The minimum atomic E-state index is -1.20. The van der Waals surface area contributed by atoms with Gasteiger partial charge in [0, 0.05) is 0 Å². The second-order valence-corrected chi connectivity index (χ2v) is 2.73. The summed E-state index contributed by atoms with van der Waals surface area (Å²) < 4.78 is 0. The van der Waals surface area contributed by atoms with Crippen molar-refractivity contribution in [1.29, 1.82) is 0 Å². The van der Waals surface area contributed by atoms with Gasteiger partial charge in [-0.05, 0) is 0 Å². The maximum Gasteiger partial charge on any atom is 0.332 e. The second kappa shape index (κ2) is 5.23. The van der Waals surface area contributed by atoms with Crippen LogP contribution in [-0.4, -0.2) is 33.6 Å². The molecule has 0 saturated heterocycles. The number of hydroxylamine groups is 1. The Bertz CT molecular complexity index is 367. The van der Waals surface area contributed by atoms with E-state index in [1.165, 1.54) is 6.20 Å². The number of hydrogen-bond donors (Lipinski definition) is 2. The zero-order chi connectivity index (χ0) is 11.3. The van der Waals surface area contributed by atoms with Crippen molar-refractivity contribution < 1.29 is 19.5 Å². The highest BCUT2D eigenvalue weighted by molar-refractivity contribution is 6.29. The van der Waals surface area contributed by atoms with Crippen LogP contribution in [0.25, 0.3) is 0 Å². The molecule has 2 N–H and O–H groups in total. The van der Waals surface area contributed by atoms with Crippen molar-refractivity contribution in [2.75, 3.05) is 6.61 Å². The predicted molar refractivity (Wildman–Crippen MR) is 48.1 cm³/mol. The Balaban J connectivity index is 2.47. The number of aliphatic carboxylic acids is 1. The molecule has 7 nitrogen and oxygen atoms in total. The van der Waals surface area contributed by atoms with Gasteiger partial charge in [-0.3, -0.25) is 9.63 Å². The zero-order valence-corrected chi connectivity index (χ0v) is 8.06. The Kier molecular flexibility index (Phi) is 3.95. The monoisotopic (exact) mass is 231 g/mol. The average molecular weight is 232 g/mol. The van der Waals surface area contributed by atoms with Crippen LogP contribution in [0.4, 0.5) is 0 Å². The molecule has 0 unspecified atom stereocenters. The maximum absolute atomic E-state index is 11.2. The van der Waals surface area contributed by atoms with Crippen LogP contribution in [0.1, 0.15) is 10.5 Å². The van der Waals surface area contributed by atoms with Crippen LogP contribution >= 0.6 is 11.6 Å². The summed E-state index contributed by atoms with van der Waals surface area (Å²) in [6.45, 7) is -0.632. The smallest absolute Gasteiger partial charge is 0.332 e. The maximum atomic E-state index is 11.2. The minimum absolute atomic E-state index is 0.0233. The Morgan fingerprint density at radius 3 is 2.73 bits per heavy atom. The number of carboxylic acids is 1. The standard InChI is InChI=1S/C7H6ClN3O4/c8-5-2-9-4(1-10-5)7(14)11-15-3-6(12)13/h1-2H,3H2,(H,11,14)(H,12,13). The SMILES string of the molecule is O=C(O)CONC(=O)c1cnc(Cl)cn1. The van der Waals surface area contributed by atoms with Crippen molar-refractivity contribution in [3.63, 3.8) is 0 Å². The number of hydrogen-bond acceptors (Lipinski definition) is 5. The highest BCUT2D eigenvalue weighted by Crippen LogP contribution is 2.00. The first-order valence-electron chi connectivity index (χ1n) is 3.71. The van der Waals surface area contributed by atoms with Gasteiger partial charge >= 0.3 is 5.97 Å². The minimum Gasteiger partial charge on any atom is -0.479 e. The van der Waals surface area contributed by atoms with E-state index in [1.54, 1.807) is 0 Å². The molecule has 80 valence electrons. The number of carbonyl (C=O) groups is 2. The van der Waals surface area contributed by atoms with Crippen molar-refractivity contribution in [2.45, 2.75) is 0 Å². The van der Waals surface area contributed by atoms with Gasteiger partial charge in [0.2, 0.25) is 0 Å². The largest absolute Gasteiger partial charge is 0.479 e. The molecule has 0 atom stereocenters. The molecule has 8 heteroatoms.